The molecule has 0 aromatic heterocycles. The topological polar surface area (TPSA) is 17.1 Å². The third kappa shape index (κ3) is 3.69. The summed E-state index contributed by atoms with van der Waals surface area (Å²) in [5, 5.41) is 0. The molecular weight excluding hydrogens is 179 g/mol. The molecule has 1 unspecified atom stereocenters. The zero-order chi connectivity index (χ0) is 10.6. The second kappa shape index (κ2) is 4.89. The van der Waals surface area contributed by atoms with E-state index < -0.39 is 6.17 Å². The van der Waals surface area contributed by atoms with Crippen LogP contribution in [0.3, 0.4) is 0 Å². The van der Waals surface area contributed by atoms with Gasteiger partial charge in [0.2, 0.25) is 0 Å². The number of rotatable bonds is 4. The fourth-order valence-corrected chi connectivity index (χ4v) is 1.41. The summed E-state index contributed by atoms with van der Waals surface area (Å²) in [6, 6.07) is 7.54. The van der Waals surface area contributed by atoms with E-state index in [4.69, 9.17) is 0 Å². The van der Waals surface area contributed by atoms with Crippen molar-refractivity contribution in [2.45, 2.75) is 32.9 Å². The van der Waals surface area contributed by atoms with E-state index in [1.165, 1.54) is 0 Å². The summed E-state index contributed by atoms with van der Waals surface area (Å²) in [5.74, 6) is 0.150. The first-order valence-corrected chi connectivity index (χ1v) is 4.79. The lowest BCUT2D eigenvalue weighted by Gasteiger charge is -2.03. The average molecular weight is 194 g/mol. The van der Waals surface area contributed by atoms with Crippen molar-refractivity contribution in [2.24, 2.45) is 0 Å². The molecule has 1 aromatic rings. The maximum Gasteiger partial charge on any atom is 0.134 e. The lowest BCUT2D eigenvalue weighted by atomic mass is 10.0. The number of hydrogen-bond acceptors (Lipinski definition) is 1. The van der Waals surface area contributed by atoms with E-state index in [1.54, 1.807) is 13.8 Å². The minimum absolute atomic E-state index is 0.150. The Hall–Kier alpha value is -1.18. The lowest BCUT2D eigenvalue weighted by Crippen LogP contribution is -2.00. The number of alkyl halides is 1. The van der Waals surface area contributed by atoms with Crippen molar-refractivity contribution in [1.82, 2.24) is 0 Å². The van der Waals surface area contributed by atoms with Crippen molar-refractivity contribution in [1.29, 1.82) is 0 Å². The Morgan fingerprint density at radius 2 is 1.79 bits per heavy atom. The number of benzene rings is 1. The largest absolute Gasteiger partial charge is 0.300 e. The standard InChI is InChI=1S/C12H15FO/c1-9(13)7-11-3-5-12(6-4-11)8-10(2)14/h3-6,9H,7-8H2,1-2H3. The van der Waals surface area contributed by atoms with Gasteiger partial charge in [-0.2, -0.15) is 0 Å². The highest BCUT2D eigenvalue weighted by molar-refractivity contribution is 5.78. The van der Waals surface area contributed by atoms with Crippen LogP contribution in [0.5, 0.6) is 0 Å². The molecule has 2 heteroatoms. The molecule has 1 aromatic carbocycles. The molecule has 0 aliphatic rings. The zero-order valence-electron chi connectivity index (χ0n) is 8.59. The fourth-order valence-electron chi connectivity index (χ4n) is 1.41. The van der Waals surface area contributed by atoms with Crippen LogP contribution in [0.1, 0.15) is 25.0 Å². The van der Waals surface area contributed by atoms with Crippen LogP contribution in [0.2, 0.25) is 0 Å². The van der Waals surface area contributed by atoms with Gasteiger partial charge in [-0.15, -0.1) is 0 Å². The van der Waals surface area contributed by atoms with Crippen LogP contribution >= 0.6 is 0 Å². The number of Topliss-reactive ketones (excluding diaryl/α,β-unsaturated/α-hetero) is 1. The number of hydrogen-bond donors (Lipinski definition) is 0. The summed E-state index contributed by atoms with van der Waals surface area (Å²) in [6.07, 6.45) is 0.0971. The number of ketones is 1. The molecule has 0 saturated heterocycles. The maximum atomic E-state index is 12.6. The summed E-state index contributed by atoms with van der Waals surface area (Å²) >= 11 is 0. The van der Waals surface area contributed by atoms with Gasteiger partial charge in [0.15, 0.2) is 0 Å². The van der Waals surface area contributed by atoms with Gasteiger partial charge in [0.25, 0.3) is 0 Å². The quantitative estimate of drug-likeness (QED) is 0.720. The Morgan fingerprint density at radius 3 is 2.21 bits per heavy atom. The van der Waals surface area contributed by atoms with Crippen molar-refractivity contribution in [3.63, 3.8) is 0 Å². The van der Waals surface area contributed by atoms with Crippen LogP contribution < -0.4 is 0 Å². The third-order valence-electron chi connectivity index (χ3n) is 1.99. The molecular formula is C12H15FO. The first kappa shape index (κ1) is 10.9. The van der Waals surface area contributed by atoms with Crippen molar-refractivity contribution in [3.8, 4) is 0 Å². The average Bonchev–Trinajstić information content (AvgIpc) is 2.06. The highest BCUT2D eigenvalue weighted by Gasteiger charge is 2.01. The molecule has 76 valence electrons. The molecule has 1 atom stereocenters. The molecule has 0 spiro atoms. The highest BCUT2D eigenvalue weighted by atomic mass is 19.1. The molecule has 0 aliphatic heterocycles. The molecule has 0 saturated carbocycles. The second-order valence-electron chi connectivity index (χ2n) is 3.68. The Morgan fingerprint density at radius 1 is 1.29 bits per heavy atom. The first-order valence-electron chi connectivity index (χ1n) is 4.79. The Labute approximate surface area is 83.9 Å². The zero-order valence-corrected chi connectivity index (χ0v) is 8.59. The first-order chi connectivity index (χ1) is 6.58. The van der Waals surface area contributed by atoms with E-state index in [9.17, 15) is 9.18 Å². The lowest BCUT2D eigenvalue weighted by molar-refractivity contribution is -0.116. The summed E-state index contributed by atoms with van der Waals surface area (Å²) in [6.45, 7) is 3.11. The normalized spacial score (nSPS) is 12.5. The summed E-state index contributed by atoms with van der Waals surface area (Å²) < 4.78 is 12.6. The molecule has 0 amide bonds. The monoisotopic (exact) mass is 194 g/mol. The predicted octanol–water partition coefficient (Wildman–Crippen LogP) is 2.72. The number of halogens is 1. The molecule has 0 heterocycles. The van der Waals surface area contributed by atoms with Gasteiger partial charge < -0.3 is 0 Å². The second-order valence-corrected chi connectivity index (χ2v) is 3.68. The van der Waals surface area contributed by atoms with Gasteiger partial charge in [-0.1, -0.05) is 24.3 Å². The van der Waals surface area contributed by atoms with E-state index in [-0.39, 0.29) is 5.78 Å². The van der Waals surface area contributed by atoms with Gasteiger partial charge in [0.1, 0.15) is 12.0 Å². The van der Waals surface area contributed by atoms with E-state index in [0.29, 0.717) is 12.8 Å². The molecule has 0 bridgehead atoms. The van der Waals surface area contributed by atoms with Gasteiger partial charge in [-0.05, 0) is 25.0 Å². The van der Waals surface area contributed by atoms with E-state index >= 15 is 0 Å². The van der Waals surface area contributed by atoms with Crippen molar-refractivity contribution >= 4 is 5.78 Å². The summed E-state index contributed by atoms with van der Waals surface area (Å²) in [7, 11) is 0. The van der Waals surface area contributed by atoms with Crippen molar-refractivity contribution < 1.29 is 9.18 Å². The SMILES string of the molecule is CC(=O)Cc1ccc(CC(C)F)cc1. The third-order valence-corrected chi connectivity index (χ3v) is 1.99. The minimum atomic E-state index is -0.811. The van der Waals surface area contributed by atoms with E-state index in [2.05, 4.69) is 0 Å². The molecule has 1 nitrogen and oxygen atoms in total. The van der Waals surface area contributed by atoms with Crippen LogP contribution in [0, 0.1) is 0 Å². The smallest absolute Gasteiger partial charge is 0.134 e. The van der Waals surface area contributed by atoms with E-state index in [1.807, 2.05) is 24.3 Å². The fraction of sp³-hybridized carbons (Fsp3) is 0.417. The van der Waals surface area contributed by atoms with E-state index in [0.717, 1.165) is 11.1 Å². The molecule has 0 N–H and O–H groups in total. The number of carbonyl (C=O) groups excluding carboxylic acids is 1. The maximum absolute atomic E-state index is 12.6. The van der Waals surface area contributed by atoms with Crippen molar-refractivity contribution in [2.75, 3.05) is 0 Å². The predicted molar refractivity (Wildman–Crippen MR) is 55.1 cm³/mol. The Kier molecular flexibility index (Phi) is 3.81. The molecule has 0 fully saturated rings. The van der Waals surface area contributed by atoms with Gasteiger partial charge in [0, 0.05) is 12.8 Å². The van der Waals surface area contributed by atoms with Crippen LogP contribution in [0.4, 0.5) is 4.39 Å². The van der Waals surface area contributed by atoms with Gasteiger partial charge in [-0.3, -0.25) is 4.79 Å². The van der Waals surface area contributed by atoms with Crippen LogP contribution in [0.25, 0.3) is 0 Å². The van der Waals surface area contributed by atoms with Crippen LogP contribution in [-0.4, -0.2) is 12.0 Å². The van der Waals surface area contributed by atoms with Crippen LogP contribution in [-0.2, 0) is 17.6 Å². The number of carbonyl (C=O) groups is 1. The molecule has 0 aliphatic carbocycles. The highest BCUT2D eigenvalue weighted by Crippen LogP contribution is 2.09. The molecule has 0 radical (unpaired) electrons. The van der Waals surface area contributed by atoms with Gasteiger partial charge >= 0.3 is 0 Å². The van der Waals surface area contributed by atoms with Crippen molar-refractivity contribution in [3.05, 3.63) is 35.4 Å². The summed E-state index contributed by atoms with van der Waals surface area (Å²) in [4.78, 5) is 10.8. The molecule has 1 rings (SSSR count). The molecule has 14 heavy (non-hydrogen) atoms. The minimum Gasteiger partial charge on any atom is -0.300 e. The Bertz CT molecular complexity index is 301. The van der Waals surface area contributed by atoms with Gasteiger partial charge in [0.05, 0.1) is 0 Å². The summed E-state index contributed by atoms with van der Waals surface area (Å²) in [5.41, 5.74) is 1.97. The van der Waals surface area contributed by atoms with Gasteiger partial charge in [-0.25, -0.2) is 4.39 Å². The van der Waals surface area contributed by atoms with Crippen LogP contribution in [0.15, 0.2) is 24.3 Å². The Balaban J connectivity index is 2.63.